The molecule has 0 bridgehead atoms. The van der Waals surface area contributed by atoms with E-state index in [0.717, 1.165) is 18.5 Å². The molecule has 0 spiro atoms. The van der Waals surface area contributed by atoms with Gasteiger partial charge in [0.2, 0.25) is 0 Å². The molecule has 3 nitrogen and oxygen atoms in total. The van der Waals surface area contributed by atoms with Gasteiger partial charge < -0.3 is 9.88 Å². The molecule has 1 aromatic rings. The van der Waals surface area contributed by atoms with Crippen LogP contribution in [-0.2, 0) is 6.42 Å². The Hall–Kier alpha value is -1.16. The predicted molar refractivity (Wildman–Crippen MR) is 49.3 cm³/mol. The second-order valence-electron chi connectivity index (χ2n) is 3.24. The van der Waals surface area contributed by atoms with Gasteiger partial charge in [-0.3, -0.25) is 4.79 Å². The second-order valence-corrected chi connectivity index (χ2v) is 3.24. The highest BCUT2D eigenvalue weighted by molar-refractivity contribution is 5.10. The molecule has 0 aliphatic heterocycles. The van der Waals surface area contributed by atoms with Crippen molar-refractivity contribution >= 4 is 0 Å². The summed E-state index contributed by atoms with van der Waals surface area (Å²) in [5.41, 5.74) is 0.152. The molecule has 1 aromatic heterocycles. The SMILES string of the molecule is CN(C)CCc1c[nH]c(=O)c(F)c1. The lowest BCUT2D eigenvalue weighted by Crippen LogP contribution is -2.17. The molecular formula is C9H13FN2O. The Bertz CT molecular complexity index is 333. The van der Waals surface area contributed by atoms with Crippen molar-refractivity contribution in [1.29, 1.82) is 0 Å². The van der Waals surface area contributed by atoms with Crippen LogP contribution in [0.25, 0.3) is 0 Å². The Morgan fingerprint density at radius 1 is 1.54 bits per heavy atom. The average molecular weight is 184 g/mol. The van der Waals surface area contributed by atoms with Crippen molar-refractivity contribution < 1.29 is 4.39 Å². The van der Waals surface area contributed by atoms with Crippen molar-refractivity contribution in [3.05, 3.63) is 34.0 Å². The van der Waals surface area contributed by atoms with Gasteiger partial charge in [0, 0.05) is 12.7 Å². The first kappa shape index (κ1) is 9.92. The fourth-order valence-electron chi connectivity index (χ4n) is 0.994. The number of H-pyrrole nitrogens is 1. The van der Waals surface area contributed by atoms with Gasteiger partial charge in [0.1, 0.15) is 0 Å². The number of pyridine rings is 1. The normalized spacial score (nSPS) is 10.8. The molecule has 0 aromatic carbocycles. The fraction of sp³-hybridized carbons (Fsp3) is 0.444. The van der Waals surface area contributed by atoms with Gasteiger partial charge in [0.15, 0.2) is 5.82 Å². The van der Waals surface area contributed by atoms with E-state index in [-0.39, 0.29) is 0 Å². The van der Waals surface area contributed by atoms with Gasteiger partial charge in [-0.2, -0.15) is 0 Å². The first-order valence-electron chi connectivity index (χ1n) is 4.11. The van der Waals surface area contributed by atoms with Crippen LogP contribution < -0.4 is 5.56 Å². The number of rotatable bonds is 3. The van der Waals surface area contributed by atoms with Crippen molar-refractivity contribution in [3.63, 3.8) is 0 Å². The summed E-state index contributed by atoms with van der Waals surface area (Å²) in [5, 5.41) is 0. The molecule has 0 aliphatic carbocycles. The van der Waals surface area contributed by atoms with E-state index in [1.54, 1.807) is 6.20 Å². The Balaban J connectivity index is 2.69. The third-order valence-electron chi connectivity index (χ3n) is 1.77. The van der Waals surface area contributed by atoms with E-state index in [4.69, 9.17) is 0 Å². The van der Waals surface area contributed by atoms with Gasteiger partial charge >= 0.3 is 0 Å². The fourth-order valence-corrected chi connectivity index (χ4v) is 0.994. The molecule has 0 saturated heterocycles. The summed E-state index contributed by atoms with van der Waals surface area (Å²) in [4.78, 5) is 15.0. The second kappa shape index (κ2) is 4.18. The van der Waals surface area contributed by atoms with Gasteiger partial charge in [0.25, 0.3) is 5.56 Å². The maximum Gasteiger partial charge on any atom is 0.283 e. The lowest BCUT2D eigenvalue weighted by molar-refractivity contribution is 0.413. The standard InChI is InChI=1S/C9H13FN2O/c1-12(2)4-3-7-5-8(10)9(13)11-6-7/h5-6H,3-4H2,1-2H3,(H,11,13). The summed E-state index contributed by atoms with van der Waals surface area (Å²) in [7, 11) is 3.89. The summed E-state index contributed by atoms with van der Waals surface area (Å²) in [6.07, 6.45) is 2.29. The molecule has 4 heteroatoms. The molecular weight excluding hydrogens is 171 g/mol. The number of likely N-dealkylation sites (N-methyl/N-ethyl adjacent to an activating group) is 1. The molecule has 1 N–H and O–H groups in total. The van der Waals surface area contributed by atoms with Crippen molar-refractivity contribution in [2.45, 2.75) is 6.42 Å². The zero-order chi connectivity index (χ0) is 9.84. The van der Waals surface area contributed by atoms with Gasteiger partial charge in [-0.25, -0.2) is 4.39 Å². The van der Waals surface area contributed by atoms with E-state index in [2.05, 4.69) is 4.98 Å². The summed E-state index contributed by atoms with van der Waals surface area (Å²) in [6, 6.07) is 1.28. The Morgan fingerprint density at radius 3 is 2.77 bits per heavy atom. The first-order chi connectivity index (χ1) is 6.09. The Morgan fingerprint density at radius 2 is 2.23 bits per heavy atom. The molecule has 0 aliphatic rings. The predicted octanol–water partition coefficient (Wildman–Crippen LogP) is 0.618. The van der Waals surface area contributed by atoms with Gasteiger partial charge in [-0.05, 0) is 32.1 Å². The zero-order valence-electron chi connectivity index (χ0n) is 7.80. The van der Waals surface area contributed by atoms with Crippen LogP contribution in [0.3, 0.4) is 0 Å². The minimum absolute atomic E-state index is 0.659. The van der Waals surface area contributed by atoms with Gasteiger partial charge in [-0.15, -0.1) is 0 Å². The van der Waals surface area contributed by atoms with Crippen molar-refractivity contribution in [2.75, 3.05) is 20.6 Å². The first-order valence-corrected chi connectivity index (χ1v) is 4.11. The van der Waals surface area contributed by atoms with E-state index in [0.29, 0.717) is 0 Å². The highest BCUT2D eigenvalue weighted by atomic mass is 19.1. The molecule has 1 heterocycles. The van der Waals surface area contributed by atoms with E-state index in [1.165, 1.54) is 6.07 Å². The summed E-state index contributed by atoms with van der Waals surface area (Å²) < 4.78 is 12.7. The molecule has 0 atom stereocenters. The summed E-state index contributed by atoms with van der Waals surface area (Å²) in [5.74, 6) is -0.712. The van der Waals surface area contributed by atoms with Crippen LogP contribution in [0, 0.1) is 5.82 Å². The number of nitrogens with zero attached hydrogens (tertiary/aromatic N) is 1. The molecule has 0 unspecified atom stereocenters. The number of halogens is 1. The minimum atomic E-state index is -0.712. The summed E-state index contributed by atoms with van der Waals surface area (Å²) >= 11 is 0. The smallest absolute Gasteiger partial charge is 0.283 e. The van der Waals surface area contributed by atoms with Crippen LogP contribution in [0.15, 0.2) is 17.1 Å². The van der Waals surface area contributed by atoms with E-state index in [9.17, 15) is 9.18 Å². The largest absolute Gasteiger partial charge is 0.326 e. The number of aromatic nitrogens is 1. The molecule has 0 amide bonds. The molecule has 72 valence electrons. The van der Waals surface area contributed by atoms with E-state index < -0.39 is 11.4 Å². The Labute approximate surface area is 76.2 Å². The quantitative estimate of drug-likeness (QED) is 0.747. The number of nitrogens with one attached hydrogen (secondary N) is 1. The molecule has 1 rings (SSSR count). The van der Waals surface area contributed by atoms with Crippen LogP contribution in [-0.4, -0.2) is 30.5 Å². The summed E-state index contributed by atoms with van der Waals surface area (Å²) in [6.45, 7) is 0.839. The van der Waals surface area contributed by atoms with E-state index in [1.807, 2.05) is 19.0 Å². The lowest BCUT2D eigenvalue weighted by Gasteiger charge is -2.08. The zero-order valence-corrected chi connectivity index (χ0v) is 7.80. The highest BCUT2D eigenvalue weighted by Gasteiger charge is 2.00. The average Bonchev–Trinajstić information content (AvgIpc) is 2.07. The van der Waals surface area contributed by atoms with Crippen molar-refractivity contribution in [1.82, 2.24) is 9.88 Å². The van der Waals surface area contributed by atoms with Gasteiger partial charge in [-0.1, -0.05) is 0 Å². The molecule has 0 saturated carbocycles. The highest BCUT2D eigenvalue weighted by Crippen LogP contribution is 1.98. The number of hydrogen-bond acceptors (Lipinski definition) is 2. The van der Waals surface area contributed by atoms with Crippen molar-refractivity contribution in [2.24, 2.45) is 0 Å². The lowest BCUT2D eigenvalue weighted by atomic mass is 10.2. The third-order valence-corrected chi connectivity index (χ3v) is 1.77. The van der Waals surface area contributed by atoms with Crippen LogP contribution in [0.2, 0.25) is 0 Å². The maximum atomic E-state index is 12.7. The number of aromatic amines is 1. The molecule has 13 heavy (non-hydrogen) atoms. The van der Waals surface area contributed by atoms with Crippen LogP contribution in [0.4, 0.5) is 4.39 Å². The van der Waals surface area contributed by atoms with Gasteiger partial charge in [0.05, 0.1) is 0 Å². The maximum absolute atomic E-state index is 12.7. The van der Waals surface area contributed by atoms with Crippen molar-refractivity contribution in [3.8, 4) is 0 Å². The minimum Gasteiger partial charge on any atom is -0.326 e. The van der Waals surface area contributed by atoms with Crippen LogP contribution in [0.1, 0.15) is 5.56 Å². The third kappa shape index (κ3) is 2.99. The van der Waals surface area contributed by atoms with E-state index >= 15 is 0 Å². The molecule has 0 radical (unpaired) electrons. The molecule has 0 fully saturated rings. The monoisotopic (exact) mass is 184 g/mol. The van der Waals surface area contributed by atoms with Crippen LogP contribution in [0.5, 0.6) is 0 Å². The van der Waals surface area contributed by atoms with Crippen LogP contribution >= 0.6 is 0 Å². The number of hydrogen-bond donors (Lipinski definition) is 1. The Kier molecular flexibility index (Phi) is 3.19. The topological polar surface area (TPSA) is 36.1 Å².